The maximum Gasteiger partial charge on any atom is 0.251 e. The van der Waals surface area contributed by atoms with Gasteiger partial charge in [-0.2, -0.15) is 0 Å². The second-order valence-corrected chi connectivity index (χ2v) is 9.92. The Bertz CT molecular complexity index is 1430. The molecule has 38 heavy (non-hydrogen) atoms. The summed E-state index contributed by atoms with van der Waals surface area (Å²) in [6, 6.07) is 19.5. The minimum atomic E-state index is -0.427. The fraction of sp³-hybridized carbons (Fsp3) is 0.310. The van der Waals surface area contributed by atoms with Gasteiger partial charge < -0.3 is 25.3 Å². The number of nitrogens with zero attached hydrogens (tertiary/aromatic N) is 4. The lowest BCUT2D eigenvalue weighted by Gasteiger charge is -2.38. The highest BCUT2D eigenvalue weighted by Gasteiger charge is 2.39. The number of hydrogen-bond donors (Lipinski definition) is 3. The van der Waals surface area contributed by atoms with Crippen molar-refractivity contribution < 1.29 is 9.53 Å². The number of anilines is 1. The van der Waals surface area contributed by atoms with Crippen LogP contribution < -0.4 is 16.0 Å². The molecule has 2 aliphatic heterocycles. The summed E-state index contributed by atoms with van der Waals surface area (Å²) in [6.07, 6.45) is 5.19. The lowest BCUT2D eigenvalue weighted by molar-refractivity contribution is 0.0708. The summed E-state index contributed by atoms with van der Waals surface area (Å²) in [4.78, 5) is 17.4. The first-order valence-electron chi connectivity index (χ1n) is 13.0. The lowest BCUT2D eigenvalue weighted by atomic mass is 9.86. The second kappa shape index (κ2) is 10.4. The summed E-state index contributed by atoms with van der Waals surface area (Å²) in [6.45, 7) is 2.74. The Morgan fingerprint density at radius 3 is 2.71 bits per heavy atom. The van der Waals surface area contributed by atoms with E-state index in [1.165, 1.54) is 0 Å². The molecule has 3 N–H and O–H groups in total. The summed E-state index contributed by atoms with van der Waals surface area (Å²) in [5, 5.41) is 19.5. The highest BCUT2D eigenvalue weighted by Crippen LogP contribution is 2.35. The first-order valence-corrected chi connectivity index (χ1v) is 13.0. The molecular formula is C29H31N7O2. The van der Waals surface area contributed by atoms with E-state index >= 15 is 0 Å². The van der Waals surface area contributed by atoms with Crippen molar-refractivity contribution in [3.05, 3.63) is 95.6 Å². The molecular weight excluding hydrogens is 478 g/mol. The number of hydrogen-bond acceptors (Lipinski definition) is 7. The quantitative estimate of drug-likeness (QED) is 0.365. The van der Waals surface area contributed by atoms with Crippen LogP contribution in [0.2, 0.25) is 0 Å². The molecule has 0 spiro atoms. The number of ether oxygens (including phenoxy) is 1. The van der Waals surface area contributed by atoms with Crippen LogP contribution >= 0.6 is 0 Å². The third kappa shape index (κ3) is 4.66. The van der Waals surface area contributed by atoms with Gasteiger partial charge in [-0.3, -0.25) is 9.78 Å². The number of carbonyl (C=O) groups is 1. The summed E-state index contributed by atoms with van der Waals surface area (Å²) in [5.74, 6) is 1.54. The molecule has 1 fully saturated rings. The fourth-order valence-electron chi connectivity index (χ4n) is 5.51. The van der Waals surface area contributed by atoms with E-state index in [1.54, 1.807) is 12.4 Å². The van der Waals surface area contributed by atoms with Gasteiger partial charge in [0.15, 0.2) is 11.6 Å². The van der Waals surface area contributed by atoms with E-state index in [1.807, 2.05) is 61.6 Å². The third-order valence-electron chi connectivity index (χ3n) is 7.48. The number of pyridine rings is 1. The van der Waals surface area contributed by atoms with Gasteiger partial charge in [0, 0.05) is 36.3 Å². The van der Waals surface area contributed by atoms with Gasteiger partial charge >= 0.3 is 0 Å². The van der Waals surface area contributed by atoms with E-state index in [-0.39, 0.29) is 11.9 Å². The third-order valence-corrected chi connectivity index (χ3v) is 7.48. The van der Waals surface area contributed by atoms with Gasteiger partial charge in [0.05, 0.1) is 19.3 Å². The van der Waals surface area contributed by atoms with E-state index in [4.69, 9.17) is 4.74 Å². The molecule has 0 radical (unpaired) electrons. The van der Waals surface area contributed by atoms with Crippen molar-refractivity contribution in [3.8, 4) is 11.4 Å². The predicted octanol–water partition coefficient (Wildman–Crippen LogP) is 3.57. The molecule has 2 aromatic carbocycles. The van der Waals surface area contributed by atoms with E-state index in [2.05, 4.69) is 41.8 Å². The molecule has 0 bridgehead atoms. The molecule has 194 valence electrons. The normalized spacial score (nSPS) is 18.4. The molecule has 9 heteroatoms. The number of piperidine rings is 1. The van der Waals surface area contributed by atoms with Crippen LogP contribution in [0.25, 0.3) is 11.4 Å². The van der Waals surface area contributed by atoms with Gasteiger partial charge in [-0.05, 0) is 67.4 Å². The summed E-state index contributed by atoms with van der Waals surface area (Å²) < 4.78 is 7.79. The Morgan fingerprint density at radius 1 is 1.05 bits per heavy atom. The highest BCUT2D eigenvalue weighted by molar-refractivity contribution is 5.95. The first kappa shape index (κ1) is 24.3. The van der Waals surface area contributed by atoms with Gasteiger partial charge in [0.1, 0.15) is 5.54 Å². The van der Waals surface area contributed by atoms with E-state index in [0.717, 1.165) is 60.0 Å². The topological polar surface area (TPSA) is 106 Å². The lowest BCUT2D eigenvalue weighted by Crippen LogP contribution is -2.47. The van der Waals surface area contributed by atoms with Crippen molar-refractivity contribution in [1.82, 2.24) is 30.4 Å². The Kier molecular flexibility index (Phi) is 6.61. The zero-order chi connectivity index (χ0) is 26.0. The summed E-state index contributed by atoms with van der Waals surface area (Å²) in [7, 11) is 2.00. The van der Waals surface area contributed by atoms with Crippen molar-refractivity contribution in [3.63, 3.8) is 0 Å². The minimum absolute atomic E-state index is 0.128. The molecule has 1 atom stereocenters. The molecule has 9 nitrogen and oxygen atoms in total. The van der Waals surface area contributed by atoms with E-state index in [0.29, 0.717) is 18.8 Å². The van der Waals surface area contributed by atoms with Gasteiger partial charge in [0.25, 0.3) is 5.91 Å². The molecule has 1 amide bonds. The van der Waals surface area contributed by atoms with Crippen molar-refractivity contribution in [2.24, 2.45) is 7.05 Å². The summed E-state index contributed by atoms with van der Waals surface area (Å²) in [5.41, 5.74) is 4.23. The second-order valence-electron chi connectivity index (χ2n) is 9.92. The van der Waals surface area contributed by atoms with Crippen LogP contribution in [0.1, 0.15) is 46.2 Å². The monoisotopic (exact) mass is 509 g/mol. The maximum atomic E-state index is 13.3. The molecule has 6 rings (SSSR count). The molecule has 2 aliphatic rings. The van der Waals surface area contributed by atoms with Gasteiger partial charge in [-0.1, -0.05) is 30.3 Å². The number of nitrogens with one attached hydrogen (secondary N) is 3. The zero-order valence-corrected chi connectivity index (χ0v) is 21.4. The average Bonchev–Trinajstić information content (AvgIpc) is 3.36. The first-order chi connectivity index (χ1) is 18.6. The Labute approximate surface area is 221 Å². The van der Waals surface area contributed by atoms with Gasteiger partial charge in [-0.25, -0.2) is 0 Å². The van der Waals surface area contributed by atoms with Crippen molar-refractivity contribution in [2.75, 3.05) is 25.0 Å². The van der Waals surface area contributed by atoms with Crippen LogP contribution in [0.5, 0.6) is 0 Å². The maximum absolute atomic E-state index is 13.3. The van der Waals surface area contributed by atoms with Crippen molar-refractivity contribution in [1.29, 1.82) is 0 Å². The molecule has 2 aromatic heterocycles. The van der Waals surface area contributed by atoms with Crippen molar-refractivity contribution in [2.45, 2.75) is 31.0 Å². The van der Waals surface area contributed by atoms with Crippen LogP contribution in [0, 0.1) is 0 Å². The number of benzene rings is 2. The molecule has 4 aromatic rings. The fourth-order valence-corrected chi connectivity index (χ4v) is 5.51. The predicted molar refractivity (Wildman–Crippen MR) is 144 cm³/mol. The molecule has 0 aliphatic carbocycles. The van der Waals surface area contributed by atoms with Crippen molar-refractivity contribution >= 4 is 11.6 Å². The van der Waals surface area contributed by atoms with Crippen LogP contribution in [-0.4, -0.2) is 45.4 Å². The number of amides is 1. The number of fused-ring (bicyclic) bond motifs is 1. The highest BCUT2D eigenvalue weighted by atomic mass is 16.5. The van der Waals surface area contributed by atoms with Gasteiger partial charge in [-0.15, -0.1) is 10.2 Å². The standard InChI is InChI=1S/C29H31N7O2/c1-36-26(20-9-13-30-14-10-20)34-35-28(36)29(11-15-31-16-12-29)33-23-7-4-6-21(17-23)27(37)32-25-19-38-18-22-5-2-3-8-24(22)25/h2-10,13-14,17,25,31,33H,11-12,15-16,18-19H2,1H3,(H,32,37)/t25-/m1/s1. The molecule has 1 saturated heterocycles. The smallest absolute Gasteiger partial charge is 0.251 e. The molecule has 4 heterocycles. The minimum Gasteiger partial charge on any atom is -0.374 e. The molecule has 0 unspecified atom stereocenters. The summed E-state index contributed by atoms with van der Waals surface area (Å²) >= 11 is 0. The van der Waals surface area contributed by atoms with Crippen LogP contribution in [0.3, 0.4) is 0 Å². The number of aromatic nitrogens is 4. The Hall–Kier alpha value is -4.08. The zero-order valence-electron chi connectivity index (χ0n) is 21.4. The number of carbonyl (C=O) groups excluding carboxylic acids is 1. The van der Waals surface area contributed by atoms with Crippen LogP contribution in [-0.2, 0) is 23.9 Å². The Morgan fingerprint density at radius 2 is 1.87 bits per heavy atom. The number of rotatable bonds is 6. The van der Waals surface area contributed by atoms with Crippen LogP contribution in [0.4, 0.5) is 5.69 Å². The largest absolute Gasteiger partial charge is 0.374 e. The Balaban J connectivity index is 1.26. The van der Waals surface area contributed by atoms with E-state index < -0.39 is 5.54 Å². The van der Waals surface area contributed by atoms with Crippen LogP contribution in [0.15, 0.2) is 73.1 Å². The SMILES string of the molecule is Cn1c(-c2ccncc2)nnc1C1(Nc2cccc(C(=O)N[C@@H]3COCc4ccccc43)c2)CCNCC1. The average molecular weight is 510 g/mol. The molecule has 0 saturated carbocycles. The van der Waals surface area contributed by atoms with Gasteiger partial charge in [0.2, 0.25) is 0 Å². The van der Waals surface area contributed by atoms with E-state index in [9.17, 15) is 4.79 Å².